The van der Waals surface area contributed by atoms with Gasteiger partial charge in [0, 0.05) is 7.05 Å². The van der Waals surface area contributed by atoms with Crippen molar-refractivity contribution in [3.63, 3.8) is 0 Å². The Morgan fingerprint density at radius 2 is 1.95 bits per heavy atom. The van der Waals surface area contributed by atoms with Gasteiger partial charge in [-0.1, -0.05) is 0 Å². The van der Waals surface area contributed by atoms with Gasteiger partial charge in [0.25, 0.3) is 15.7 Å². The van der Waals surface area contributed by atoms with Crippen molar-refractivity contribution in [2.75, 3.05) is 7.05 Å². The number of hydrogen-bond acceptors (Lipinski definition) is 7. The van der Waals surface area contributed by atoms with Crippen LogP contribution >= 0.6 is 0 Å². The number of benzene rings is 1. The third-order valence-corrected chi connectivity index (χ3v) is 3.61. The lowest BCUT2D eigenvalue weighted by atomic mass is 10.3. The predicted molar refractivity (Wildman–Crippen MR) is 74.1 cm³/mol. The van der Waals surface area contributed by atoms with Crippen LogP contribution in [0.4, 0.5) is 5.69 Å². The third-order valence-electron chi connectivity index (χ3n) is 2.74. The zero-order valence-corrected chi connectivity index (χ0v) is 12.1. The topological polar surface area (TPSA) is 146 Å². The molecule has 3 N–H and O–H groups in total. The van der Waals surface area contributed by atoms with Crippen LogP contribution in [0.2, 0.25) is 0 Å². The average Bonchev–Trinajstić information content (AvgIpc) is 2.77. The Bertz CT molecular complexity index is 850. The van der Waals surface area contributed by atoms with Gasteiger partial charge < -0.3 is 0 Å². The summed E-state index contributed by atoms with van der Waals surface area (Å²) in [5.41, 5.74) is -0.112. The van der Waals surface area contributed by atoms with Gasteiger partial charge in [-0.15, -0.1) is 5.11 Å². The number of aromatic nitrogens is 2. The van der Waals surface area contributed by atoms with Crippen LogP contribution in [0, 0.1) is 0 Å². The summed E-state index contributed by atoms with van der Waals surface area (Å²) in [6.45, 7) is -0.306. The molecule has 1 aromatic carbocycles. The van der Waals surface area contributed by atoms with Crippen molar-refractivity contribution in [2.45, 2.75) is 11.5 Å². The minimum atomic E-state index is -4.32. The maximum atomic E-state index is 12.2. The summed E-state index contributed by atoms with van der Waals surface area (Å²) in [7, 11) is -2.94. The van der Waals surface area contributed by atoms with Gasteiger partial charge in [0.2, 0.25) is 0 Å². The second kappa shape index (κ2) is 6.19. The fraction of sp³-hybridized carbons (Fsp3) is 0.182. The van der Waals surface area contributed by atoms with Gasteiger partial charge in [-0.3, -0.25) is 19.7 Å². The quantitative estimate of drug-likeness (QED) is 0.324. The second-order valence-corrected chi connectivity index (χ2v) is 5.54. The van der Waals surface area contributed by atoms with Crippen molar-refractivity contribution >= 4 is 15.8 Å². The SMILES string of the molecule is CN=Nc1c(COO)[nH]n(-c2ccc(S(=O)(=O)O)cc2)c1=O. The molecule has 0 saturated heterocycles. The van der Waals surface area contributed by atoms with Gasteiger partial charge >= 0.3 is 0 Å². The van der Waals surface area contributed by atoms with Gasteiger partial charge in [-0.2, -0.15) is 13.5 Å². The van der Waals surface area contributed by atoms with E-state index in [1.54, 1.807) is 0 Å². The van der Waals surface area contributed by atoms with Gasteiger partial charge in [-0.25, -0.2) is 9.57 Å². The highest BCUT2D eigenvalue weighted by Crippen LogP contribution is 2.17. The molecule has 22 heavy (non-hydrogen) atoms. The van der Waals surface area contributed by atoms with E-state index in [0.29, 0.717) is 5.69 Å². The van der Waals surface area contributed by atoms with E-state index in [0.717, 1.165) is 16.8 Å². The molecule has 2 aromatic rings. The van der Waals surface area contributed by atoms with E-state index < -0.39 is 15.7 Å². The molecule has 11 heteroatoms. The lowest BCUT2D eigenvalue weighted by molar-refractivity contribution is -0.253. The molecule has 0 bridgehead atoms. The van der Waals surface area contributed by atoms with Crippen LogP contribution < -0.4 is 5.56 Å². The van der Waals surface area contributed by atoms with Crippen LogP contribution in [0.5, 0.6) is 0 Å². The molecule has 0 radical (unpaired) electrons. The van der Waals surface area contributed by atoms with Gasteiger partial charge in [0.1, 0.15) is 6.61 Å². The van der Waals surface area contributed by atoms with Crippen molar-refractivity contribution < 1.29 is 23.1 Å². The number of H-pyrrole nitrogens is 1. The summed E-state index contributed by atoms with van der Waals surface area (Å²) in [5.74, 6) is 0. The van der Waals surface area contributed by atoms with E-state index in [2.05, 4.69) is 20.2 Å². The zero-order valence-electron chi connectivity index (χ0n) is 11.3. The molecule has 0 atom stereocenters. The molecular weight excluding hydrogens is 316 g/mol. The molecule has 0 unspecified atom stereocenters. The van der Waals surface area contributed by atoms with Crippen molar-refractivity contribution in [3.8, 4) is 5.69 Å². The lowest BCUT2D eigenvalue weighted by Gasteiger charge is -2.02. The molecule has 0 saturated carbocycles. The number of azo groups is 1. The minimum absolute atomic E-state index is 0.0459. The average molecular weight is 328 g/mol. The summed E-state index contributed by atoms with van der Waals surface area (Å²) in [6, 6.07) is 4.91. The molecule has 0 aliphatic rings. The largest absolute Gasteiger partial charge is 0.299 e. The van der Waals surface area contributed by atoms with E-state index in [-0.39, 0.29) is 22.9 Å². The maximum Gasteiger partial charge on any atom is 0.299 e. The molecule has 1 heterocycles. The standard InChI is InChI=1S/C11H12N4O6S/c1-12-13-10-9(6-21-17)14-15(11(10)16)7-2-4-8(5-3-7)22(18,19)20/h2-5,14,17H,6H2,1H3,(H,18,19,20). The van der Waals surface area contributed by atoms with Gasteiger partial charge in [0.05, 0.1) is 16.3 Å². The molecule has 10 nitrogen and oxygen atoms in total. The zero-order chi connectivity index (χ0) is 16.3. The summed E-state index contributed by atoms with van der Waals surface area (Å²) < 4.78 is 32.0. The van der Waals surface area contributed by atoms with Crippen molar-refractivity contribution in [1.82, 2.24) is 9.78 Å². The first kappa shape index (κ1) is 16.0. The smallest absolute Gasteiger partial charge is 0.290 e. The van der Waals surface area contributed by atoms with Gasteiger partial charge in [-0.05, 0) is 24.3 Å². The first-order chi connectivity index (χ1) is 10.4. The number of aromatic amines is 1. The molecule has 118 valence electrons. The first-order valence-corrected chi connectivity index (χ1v) is 7.30. The van der Waals surface area contributed by atoms with E-state index in [1.165, 1.54) is 19.2 Å². The third kappa shape index (κ3) is 3.12. The molecule has 0 aliphatic heterocycles. The second-order valence-electron chi connectivity index (χ2n) is 4.12. The number of rotatable bonds is 5. The van der Waals surface area contributed by atoms with Crippen LogP contribution in [0.25, 0.3) is 5.69 Å². The number of nitrogens with one attached hydrogen (secondary N) is 1. The molecule has 0 spiro atoms. The van der Waals surface area contributed by atoms with Gasteiger partial charge in [0.15, 0.2) is 5.69 Å². The minimum Gasteiger partial charge on any atom is -0.290 e. The van der Waals surface area contributed by atoms with E-state index in [1.807, 2.05) is 0 Å². The molecular formula is C11H12N4O6S. The summed E-state index contributed by atoms with van der Waals surface area (Å²) >= 11 is 0. The normalized spacial score (nSPS) is 12.1. The highest BCUT2D eigenvalue weighted by Gasteiger charge is 2.16. The number of nitrogens with zero attached hydrogens (tertiary/aromatic N) is 3. The Morgan fingerprint density at radius 3 is 2.45 bits per heavy atom. The summed E-state index contributed by atoms with van der Waals surface area (Å²) in [4.78, 5) is 15.9. The molecule has 0 fully saturated rings. The Kier molecular flexibility index (Phi) is 4.51. The Hall–Kier alpha value is -2.34. The van der Waals surface area contributed by atoms with Crippen molar-refractivity contribution in [2.24, 2.45) is 10.2 Å². The fourth-order valence-electron chi connectivity index (χ4n) is 1.79. The maximum absolute atomic E-state index is 12.2. The molecule has 1 aromatic heterocycles. The van der Waals surface area contributed by atoms with Crippen LogP contribution in [0.1, 0.15) is 5.69 Å². The molecule has 2 rings (SSSR count). The number of hydrogen-bond donors (Lipinski definition) is 3. The highest BCUT2D eigenvalue weighted by atomic mass is 32.2. The molecule has 0 aliphatic carbocycles. The van der Waals surface area contributed by atoms with Crippen molar-refractivity contribution in [1.29, 1.82) is 0 Å². The molecule has 0 amide bonds. The van der Waals surface area contributed by atoms with E-state index in [9.17, 15) is 13.2 Å². The van der Waals surface area contributed by atoms with E-state index >= 15 is 0 Å². The van der Waals surface area contributed by atoms with Crippen LogP contribution in [0.3, 0.4) is 0 Å². The highest BCUT2D eigenvalue weighted by molar-refractivity contribution is 7.85. The lowest BCUT2D eigenvalue weighted by Crippen LogP contribution is -2.14. The van der Waals surface area contributed by atoms with Crippen LogP contribution in [-0.4, -0.2) is 35.1 Å². The predicted octanol–water partition coefficient (Wildman–Crippen LogP) is 1.12. The fourth-order valence-corrected chi connectivity index (χ4v) is 2.27. The Morgan fingerprint density at radius 1 is 1.32 bits per heavy atom. The Labute approximate surface area is 124 Å². The van der Waals surface area contributed by atoms with Crippen LogP contribution in [-0.2, 0) is 21.6 Å². The summed E-state index contributed by atoms with van der Waals surface area (Å²) in [6.07, 6.45) is 0. The summed E-state index contributed by atoms with van der Waals surface area (Å²) in [5, 5.41) is 18.3. The monoisotopic (exact) mass is 328 g/mol. The van der Waals surface area contributed by atoms with Crippen molar-refractivity contribution in [3.05, 3.63) is 40.3 Å². The first-order valence-electron chi connectivity index (χ1n) is 5.86. The van der Waals surface area contributed by atoms with Crippen LogP contribution in [0.15, 0.2) is 44.2 Å². The Balaban J connectivity index is 2.53. The van der Waals surface area contributed by atoms with E-state index in [4.69, 9.17) is 9.81 Å².